The molecule has 0 heterocycles. The van der Waals surface area contributed by atoms with Crippen LogP contribution in [0.1, 0.15) is 52.9 Å². The monoisotopic (exact) mass is 382 g/mol. The molecule has 2 saturated carbocycles. The Labute approximate surface area is 130 Å². The van der Waals surface area contributed by atoms with Crippen molar-refractivity contribution in [3.63, 3.8) is 0 Å². The summed E-state index contributed by atoms with van der Waals surface area (Å²) in [5.74, 6) is 1.18. The van der Waals surface area contributed by atoms with E-state index in [-0.39, 0.29) is 17.1 Å². The van der Waals surface area contributed by atoms with Gasteiger partial charge in [0, 0.05) is 16.3 Å². The lowest BCUT2D eigenvalue weighted by molar-refractivity contribution is -0.258. The van der Waals surface area contributed by atoms with E-state index >= 15 is 0 Å². The molecule has 0 spiro atoms. The third-order valence-corrected chi connectivity index (χ3v) is 6.67. The van der Waals surface area contributed by atoms with Crippen molar-refractivity contribution in [2.75, 3.05) is 4.43 Å². The maximum atomic E-state index is 10.4. The fraction of sp³-hybridized carbons (Fsp3) is 1.00. The molecule has 2 fully saturated rings. The van der Waals surface area contributed by atoms with E-state index in [1.807, 2.05) is 13.8 Å². The molecular weight excluding hydrogens is 355 g/mol. The quantitative estimate of drug-likeness (QED) is 0.446. The Kier molecular flexibility index (Phi) is 4.86. The molecule has 5 atom stereocenters. The molecule has 0 aliphatic heterocycles. The highest BCUT2D eigenvalue weighted by Gasteiger charge is 2.48. The highest BCUT2D eigenvalue weighted by atomic mass is 127. The third kappa shape index (κ3) is 3.63. The second-order valence-corrected chi connectivity index (χ2v) is 8.25. The molecule has 2 rings (SSSR count). The summed E-state index contributed by atoms with van der Waals surface area (Å²) < 4.78 is 6.99. The minimum atomic E-state index is -0.749. The molecule has 112 valence electrons. The molecule has 19 heavy (non-hydrogen) atoms. The van der Waals surface area contributed by atoms with Gasteiger partial charge in [-0.15, -0.1) is 0 Å². The van der Waals surface area contributed by atoms with Gasteiger partial charge in [0.15, 0.2) is 6.29 Å². The van der Waals surface area contributed by atoms with Gasteiger partial charge in [0.05, 0.1) is 11.7 Å². The summed E-state index contributed by atoms with van der Waals surface area (Å²) in [6.07, 6.45) is 3.73. The van der Waals surface area contributed by atoms with Crippen LogP contribution in [0.25, 0.3) is 0 Å². The Bertz CT molecular complexity index is 299. The normalized spacial score (nSPS) is 41.1. The van der Waals surface area contributed by atoms with Crippen LogP contribution in [0.5, 0.6) is 0 Å². The molecule has 0 aromatic carbocycles. The van der Waals surface area contributed by atoms with Gasteiger partial charge in [0.25, 0.3) is 0 Å². The van der Waals surface area contributed by atoms with Crippen LogP contribution in [0.3, 0.4) is 0 Å². The molecule has 4 heteroatoms. The highest BCUT2D eigenvalue weighted by molar-refractivity contribution is 14.1. The van der Waals surface area contributed by atoms with Crippen LogP contribution in [0.15, 0.2) is 0 Å². The zero-order valence-electron chi connectivity index (χ0n) is 12.2. The van der Waals surface area contributed by atoms with Crippen molar-refractivity contribution < 1.29 is 14.9 Å². The maximum absolute atomic E-state index is 10.4. The molecule has 0 amide bonds. The van der Waals surface area contributed by atoms with Crippen molar-refractivity contribution in [2.24, 2.45) is 17.3 Å². The number of hydrogen-bond donors (Lipinski definition) is 2. The van der Waals surface area contributed by atoms with E-state index in [0.717, 1.165) is 23.7 Å². The number of halogens is 1. The number of ether oxygens (including phenoxy) is 1. The Hall–Kier alpha value is 0.610. The predicted octanol–water partition coefficient (Wildman–Crippen LogP) is 3.11. The van der Waals surface area contributed by atoms with Gasteiger partial charge in [0.1, 0.15) is 0 Å². The molecule has 2 N–H and O–H groups in total. The Morgan fingerprint density at radius 3 is 2.63 bits per heavy atom. The van der Waals surface area contributed by atoms with Gasteiger partial charge >= 0.3 is 0 Å². The summed E-state index contributed by atoms with van der Waals surface area (Å²) in [5.41, 5.74) is -0.545. The van der Waals surface area contributed by atoms with Crippen molar-refractivity contribution >= 4 is 22.6 Å². The van der Waals surface area contributed by atoms with Gasteiger partial charge in [0.2, 0.25) is 0 Å². The van der Waals surface area contributed by atoms with Crippen LogP contribution in [0, 0.1) is 17.3 Å². The standard InChI is InChI=1S/C15H27IO3/c1-10-4-11-5-12(17)8-15(6-10,7-11)19-13(18)14(2,3)9-16/h10-13,17-18H,4-9H2,1-3H3. The Morgan fingerprint density at radius 2 is 2.00 bits per heavy atom. The Balaban J connectivity index is 2.11. The second kappa shape index (κ2) is 5.78. The summed E-state index contributed by atoms with van der Waals surface area (Å²) >= 11 is 2.29. The lowest BCUT2D eigenvalue weighted by Crippen LogP contribution is -2.52. The molecular formula is C15H27IO3. The van der Waals surface area contributed by atoms with Crippen molar-refractivity contribution in [3.8, 4) is 0 Å². The van der Waals surface area contributed by atoms with Crippen LogP contribution < -0.4 is 0 Å². The number of aliphatic hydroxyl groups is 2. The van der Waals surface area contributed by atoms with Crippen LogP contribution >= 0.6 is 22.6 Å². The number of fused-ring (bicyclic) bond motifs is 2. The van der Waals surface area contributed by atoms with Crippen molar-refractivity contribution in [1.29, 1.82) is 0 Å². The molecule has 0 aromatic rings. The largest absolute Gasteiger partial charge is 0.393 e. The first-order valence-electron chi connectivity index (χ1n) is 7.36. The first-order chi connectivity index (χ1) is 8.76. The van der Waals surface area contributed by atoms with Gasteiger partial charge < -0.3 is 14.9 Å². The lowest BCUT2D eigenvalue weighted by atomic mass is 9.64. The van der Waals surface area contributed by atoms with E-state index in [4.69, 9.17) is 4.74 Å². The van der Waals surface area contributed by atoms with Crippen LogP contribution in [0.4, 0.5) is 0 Å². The molecule has 0 aromatic heterocycles. The van der Waals surface area contributed by atoms with E-state index in [9.17, 15) is 10.2 Å². The second-order valence-electron chi connectivity index (χ2n) is 7.48. The summed E-state index contributed by atoms with van der Waals surface area (Å²) in [4.78, 5) is 0. The molecule has 0 radical (unpaired) electrons. The number of rotatable bonds is 4. The van der Waals surface area contributed by atoms with E-state index in [1.54, 1.807) is 0 Å². The number of aliphatic hydroxyl groups excluding tert-OH is 2. The molecule has 2 aliphatic carbocycles. The molecule has 2 bridgehead atoms. The summed E-state index contributed by atoms with van der Waals surface area (Å²) in [5, 5.41) is 20.5. The average Bonchev–Trinajstić information content (AvgIpc) is 2.25. The zero-order chi connectivity index (χ0) is 14.3. The smallest absolute Gasteiger partial charge is 0.161 e. The van der Waals surface area contributed by atoms with Crippen molar-refractivity contribution in [1.82, 2.24) is 0 Å². The predicted molar refractivity (Wildman–Crippen MR) is 84.2 cm³/mol. The SMILES string of the molecule is CC1CC2CC(O)CC(OC(O)C(C)(C)CI)(C1)C2. The minimum absolute atomic E-state index is 0.242. The van der Waals surface area contributed by atoms with E-state index < -0.39 is 6.29 Å². The summed E-state index contributed by atoms with van der Waals surface area (Å²) in [6, 6.07) is 0. The van der Waals surface area contributed by atoms with E-state index in [2.05, 4.69) is 29.5 Å². The van der Waals surface area contributed by atoms with Gasteiger partial charge in [-0.1, -0.05) is 43.4 Å². The van der Waals surface area contributed by atoms with Crippen molar-refractivity contribution in [3.05, 3.63) is 0 Å². The molecule has 0 saturated heterocycles. The van der Waals surface area contributed by atoms with Gasteiger partial charge in [-0.05, 0) is 37.5 Å². The van der Waals surface area contributed by atoms with Crippen LogP contribution in [0.2, 0.25) is 0 Å². The van der Waals surface area contributed by atoms with Crippen LogP contribution in [-0.2, 0) is 4.74 Å². The van der Waals surface area contributed by atoms with Gasteiger partial charge in [-0.2, -0.15) is 0 Å². The Morgan fingerprint density at radius 1 is 1.32 bits per heavy atom. The topological polar surface area (TPSA) is 49.7 Å². The molecule has 5 unspecified atom stereocenters. The number of hydrogen-bond acceptors (Lipinski definition) is 3. The molecule has 2 aliphatic rings. The lowest BCUT2D eigenvalue weighted by Gasteiger charge is -2.51. The van der Waals surface area contributed by atoms with Crippen molar-refractivity contribution in [2.45, 2.75) is 70.9 Å². The van der Waals surface area contributed by atoms with E-state index in [0.29, 0.717) is 18.3 Å². The first kappa shape index (κ1) is 16.0. The fourth-order valence-corrected chi connectivity index (χ4v) is 4.21. The van der Waals surface area contributed by atoms with E-state index in [1.165, 1.54) is 6.42 Å². The third-order valence-electron chi connectivity index (χ3n) is 4.70. The summed E-state index contributed by atoms with van der Waals surface area (Å²) in [7, 11) is 0. The number of alkyl halides is 1. The molecule has 3 nitrogen and oxygen atoms in total. The van der Waals surface area contributed by atoms with Gasteiger partial charge in [-0.3, -0.25) is 0 Å². The fourth-order valence-electron chi connectivity index (χ4n) is 3.83. The zero-order valence-corrected chi connectivity index (χ0v) is 14.4. The highest BCUT2D eigenvalue weighted by Crippen LogP contribution is 2.48. The first-order valence-corrected chi connectivity index (χ1v) is 8.89. The summed E-state index contributed by atoms with van der Waals surface area (Å²) in [6.45, 7) is 6.32. The van der Waals surface area contributed by atoms with Gasteiger partial charge in [-0.25, -0.2) is 0 Å². The maximum Gasteiger partial charge on any atom is 0.161 e. The van der Waals surface area contributed by atoms with Crippen LogP contribution in [-0.4, -0.2) is 32.6 Å². The average molecular weight is 382 g/mol. The minimum Gasteiger partial charge on any atom is -0.393 e.